The van der Waals surface area contributed by atoms with E-state index in [1.165, 1.54) is 24.3 Å². The van der Waals surface area contributed by atoms with Gasteiger partial charge >= 0.3 is 0 Å². The molecule has 0 heterocycles. The standard InChI is InChI=1S/C22H20N4O4S2/c23-15-7-11-17(12-8-15)25-31(27,28)21-5-1-3-19-20(21)4-2-6-22(19)32(29,30)26-18-13-9-16(24)10-14-18/h1-14,25-26H,23-24H2. The van der Waals surface area contributed by atoms with Crippen molar-refractivity contribution in [2.24, 2.45) is 0 Å². The molecule has 0 bridgehead atoms. The van der Waals surface area contributed by atoms with Crippen LogP contribution < -0.4 is 20.9 Å². The van der Waals surface area contributed by atoms with E-state index in [1.54, 1.807) is 60.7 Å². The fraction of sp³-hybridized carbons (Fsp3) is 0. The smallest absolute Gasteiger partial charge is 0.262 e. The van der Waals surface area contributed by atoms with E-state index in [0.29, 0.717) is 22.7 Å². The minimum Gasteiger partial charge on any atom is -0.399 e. The number of nitrogens with one attached hydrogen (secondary N) is 2. The predicted molar refractivity (Wildman–Crippen MR) is 127 cm³/mol. The third-order valence-corrected chi connectivity index (χ3v) is 7.63. The van der Waals surface area contributed by atoms with Crippen molar-refractivity contribution in [3.05, 3.63) is 84.9 Å². The Bertz CT molecular complexity index is 1380. The summed E-state index contributed by atoms with van der Waals surface area (Å²) in [5.41, 5.74) is 13.0. The van der Waals surface area contributed by atoms with E-state index < -0.39 is 20.0 Å². The van der Waals surface area contributed by atoms with Crippen LogP contribution in [0.15, 0.2) is 94.7 Å². The maximum absolute atomic E-state index is 13.1. The highest BCUT2D eigenvalue weighted by Crippen LogP contribution is 2.30. The van der Waals surface area contributed by atoms with Crippen molar-refractivity contribution in [2.75, 3.05) is 20.9 Å². The van der Waals surface area contributed by atoms with E-state index >= 15 is 0 Å². The lowest BCUT2D eigenvalue weighted by molar-refractivity contribution is 0.599. The number of rotatable bonds is 6. The van der Waals surface area contributed by atoms with Gasteiger partial charge in [-0.15, -0.1) is 0 Å². The van der Waals surface area contributed by atoms with Crippen LogP contribution in [0, 0.1) is 0 Å². The van der Waals surface area contributed by atoms with Crippen LogP contribution >= 0.6 is 0 Å². The van der Waals surface area contributed by atoms with E-state index in [-0.39, 0.29) is 20.6 Å². The summed E-state index contributed by atoms with van der Waals surface area (Å²) in [6.07, 6.45) is 0. The molecule has 6 N–H and O–H groups in total. The van der Waals surface area contributed by atoms with Crippen LogP contribution in [0.1, 0.15) is 0 Å². The molecule has 164 valence electrons. The average molecular weight is 469 g/mol. The lowest BCUT2D eigenvalue weighted by Crippen LogP contribution is -2.15. The molecule has 0 aliphatic carbocycles. The highest BCUT2D eigenvalue weighted by molar-refractivity contribution is 7.93. The van der Waals surface area contributed by atoms with Crippen molar-refractivity contribution in [1.29, 1.82) is 0 Å². The molecular weight excluding hydrogens is 448 g/mol. The number of anilines is 4. The normalized spacial score (nSPS) is 11.9. The molecule has 0 atom stereocenters. The fourth-order valence-corrected chi connectivity index (χ4v) is 5.81. The summed E-state index contributed by atoms with van der Waals surface area (Å²) >= 11 is 0. The molecule has 4 aromatic carbocycles. The molecule has 0 aliphatic heterocycles. The predicted octanol–water partition coefficient (Wildman–Crippen LogP) is 3.61. The van der Waals surface area contributed by atoms with Gasteiger partial charge in [-0.05, 0) is 60.7 Å². The molecular formula is C22H20N4O4S2. The summed E-state index contributed by atoms with van der Waals surface area (Å²) in [5, 5.41) is 0.547. The van der Waals surface area contributed by atoms with Crippen LogP contribution in [0.4, 0.5) is 22.7 Å². The molecule has 10 heteroatoms. The van der Waals surface area contributed by atoms with Gasteiger partial charge in [0.1, 0.15) is 0 Å². The quantitative estimate of drug-likeness (QED) is 0.318. The lowest BCUT2D eigenvalue weighted by atomic mass is 10.1. The molecule has 0 aliphatic rings. The Morgan fingerprint density at radius 1 is 0.500 bits per heavy atom. The van der Waals surface area contributed by atoms with Gasteiger partial charge in [-0.3, -0.25) is 9.44 Å². The van der Waals surface area contributed by atoms with Crippen molar-refractivity contribution in [1.82, 2.24) is 0 Å². The zero-order valence-corrected chi connectivity index (χ0v) is 18.3. The van der Waals surface area contributed by atoms with Gasteiger partial charge in [0.25, 0.3) is 20.0 Å². The Morgan fingerprint density at radius 2 is 0.844 bits per heavy atom. The van der Waals surface area contributed by atoms with E-state index in [9.17, 15) is 16.8 Å². The molecule has 0 unspecified atom stereocenters. The Balaban J connectivity index is 1.77. The second-order valence-electron chi connectivity index (χ2n) is 7.06. The number of hydrogen-bond acceptors (Lipinski definition) is 6. The molecule has 32 heavy (non-hydrogen) atoms. The molecule has 0 radical (unpaired) electrons. The number of nitrogen functional groups attached to an aromatic ring is 2. The average Bonchev–Trinajstić information content (AvgIpc) is 2.76. The van der Waals surface area contributed by atoms with Crippen LogP contribution in [0.3, 0.4) is 0 Å². The molecule has 0 saturated heterocycles. The highest BCUT2D eigenvalue weighted by atomic mass is 32.2. The first-order valence-electron chi connectivity index (χ1n) is 9.44. The molecule has 0 aromatic heterocycles. The van der Waals surface area contributed by atoms with Crippen molar-refractivity contribution >= 4 is 53.6 Å². The lowest BCUT2D eigenvalue weighted by Gasteiger charge is -2.14. The monoisotopic (exact) mass is 468 g/mol. The maximum Gasteiger partial charge on any atom is 0.262 e. The van der Waals surface area contributed by atoms with Gasteiger partial charge in [-0.2, -0.15) is 0 Å². The molecule has 0 saturated carbocycles. The number of fused-ring (bicyclic) bond motifs is 1. The highest BCUT2D eigenvalue weighted by Gasteiger charge is 2.22. The van der Waals surface area contributed by atoms with Crippen molar-refractivity contribution < 1.29 is 16.8 Å². The zero-order valence-electron chi connectivity index (χ0n) is 16.7. The number of hydrogen-bond donors (Lipinski definition) is 4. The van der Waals surface area contributed by atoms with E-state index in [4.69, 9.17) is 11.5 Å². The third kappa shape index (κ3) is 4.32. The van der Waals surface area contributed by atoms with Crippen molar-refractivity contribution in [3.63, 3.8) is 0 Å². The molecule has 0 fully saturated rings. The van der Waals surface area contributed by atoms with Gasteiger partial charge < -0.3 is 11.5 Å². The summed E-state index contributed by atoms with van der Waals surface area (Å²) in [6.45, 7) is 0. The third-order valence-electron chi connectivity index (χ3n) is 4.75. The van der Waals surface area contributed by atoms with Gasteiger partial charge in [-0.1, -0.05) is 24.3 Å². The summed E-state index contributed by atoms with van der Waals surface area (Å²) < 4.78 is 57.3. The van der Waals surface area contributed by atoms with E-state index in [0.717, 1.165) is 0 Å². The Hall–Kier alpha value is -3.76. The molecule has 4 aromatic rings. The second-order valence-corrected chi connectivity index (χ2v) is 10.4. The molecule has 0 amide bonds. The van der Waals surface area contributed by atoms with Crippen LogP contribution in [0.2, 0.25) is 0 Å². The fourth-order valence-electron chi connectivity index (χ4n) is 3.24. The van der Waals surface area contributed by atoms with Crippen LogP contribution in [-0.4, -0.2) is 16.8 Å². The summed E-state index contributed by atoms with van der Waals surface area (Å²) in [4.78, 5) is -0.0901. The Kier molecular flexibility index (Phi) is 5.41. The largest absolute Gasteiger partial charge is 0.399 e. The first-order chi connectivity index (χ1) is 15.2. The van der Waals surface area contributed by atoms with Crippen LogP contribution in [-0.2, 0) is 20.0 Å². The van der Waals surface area contributed by atoms with Gasteiger partial charge in [0.15, 0.2) is 0 Å². The van der Waals surface area contributed by atoms with Crippen LogP contribution in [0.25, 0.3) is 10.8 Å². The number of sulfonamides is 2. The van der Waals surface area contributed by atoms with Crippen molar-refractivity contribution in [2.45, 2.75) is 9.79 Å². The van der Waals surface area contributed by atoms with Crippen LogP contribution in [0.5, 0.6) is 0 Å². The molecule has 8 nitrogen and oxygen atoms in total. The van der Waals surface area contributed by atoms with Crippen molar-refractivity contribution in [3.8, 4) is 0 Å². The summed E-state index contributed by atoms with van der Waals surface area (Å²) in [5.74, 6) is 0. The SMILES string of the molecule is Nc1ccc(NS(=O)(=O)c2cccc3c(S(=O)(=O)Nc4ccc(N)cc4)cccc23)cc1. The Labute approximate surface area is 186 Å². The Morgan fingerprint density at radius 3 is 1.19 bits per heavy atom. The summed E-state index contributed by atoms with van der Waals surface area (Å²) in [7, 11) is -8.00. The van der Waals surface area contributed by atoms with Gasteiger partial charge in [-0.25, -0.2) is 16.8 Å². The van der Waals surface area contributed by atoms with Gasteiger partial charge in [0.05, 0.1) is 9.79 Å². The maximum atomic E-state index is 13.1. The van der Waals surface area contributed by atoms with E-state index in [2.05, 4.69) is 9.44 Å². The van der Waals surface area contributed by atoms with E-state index in [1.807, 2.05) is 0 Å². The van der Waals surface area contributed by atoms with Gasteiger partial charge in [0, 0.05) is 33.5 Å². The second kappa shape index (κ2) is 8.06. The first-order valence-corrected chi connectivity index (χ1v) is 12.4. The zero-order chi connectivity index (χ0) is 22.9. The first kappa shape index (κ1) is 21.5. The minimum absolute atomic E-state index is 0.0450. The van der Waals surface area contributed by atoms with Gasteiger partial charge in [0.2, 0.25) is 0 Å². The molecule has 4 rings (SSSR count). The minimum atomic E-state index is -4.00. The summed E-state index contributed by atoms with van der Waals surface area (Å²) in [6, 6.07) is 21.5. The topological polar surface area (TPSA) is 144 Å². The number of benzene rings is 4. The number of nitrogens with two attached hydrogens (primary N) is 2. The molecule has 0 spiro atoms.